The molecule has 1 rings (SSSR count). The Bertz CT molecular complexity index is 606. The van der Waals surface area contributed by atoms with Gasteiger partial charge >= 0.3 is 12.1 Å². The predicted molar refractivity (Wildman–Crippen MR) is 78.9 cm³/mol. The van der Waals surface area contributed by atoms with Gasteiger partial charge in [0.2, 0.25) is 0 Å². The summed E-state index contributed by atoms with van der Waals surface area (Å²) in [6.45, 7) is 5.36. The maximum Gasteiger partial charge on any atom is 0.408 e. The molecule has 6 nitrogen and oxygen atoms in total. The summed E-state index contributed by atoms with van der Waals surface area (Å²) in [7, 11) is 0. The average molecular weight is 290 g/mol. The minimum atomic E-state index is -1.11. The first-order chi connectivity index (χ1) is 9.70. The van der Waals surface area contributed by atoms with Gasteiger partial charge in [0.1, 0.15) is 5.60 Å². The minimum absolute atomic E-state index is 0.00176. The number of hydrogen-bond donors (Lipinski definition) is 3. The molecule has 112 valence electrons. The highest BCUT2D eigenvalue weighted by Gasteiger charge is 2.15. The molecular weight excluding hydrogens is 272 g/mol. The van der Waals surface area contributed by atoms with Crippen molar-refractivity contribution < 1.29 is 19.4 Å². The molecule has 0 saturated heterocycles. The zero-order chi connectivity index (χ0) is 16.0. The molecule has 1 aromatic rings. The number of alkyl carbamates (subject to hydrolysis) is 1. The molecule has 0 bridgehead atoms. The van der Waals surface area contributed by atoms with Gasteiger partial charge in [-0.05, 0) is 32.9 Å². The van der Waals surface area contributed by atoms with Crippen molar-refractivity contribution >= 4 is 17.7 Å². The molecule has 21 heavy (non-hydrogen) atoms. The largest absolute Gasteiger partial charge is 0.478 e. The van der Waals surface area contributed by atoms with Crippen LogP contribution < -0.4 is 11.1 Å². The number of rotatable bonds is 2. The summed E-state index contributed by atoms with van der Waals surface area (Å²) in [5.74, 6) is 4.30. The maximum atomic E-state index is 11.4. The van der Waals surface area contributed by atoms with Crippen LogP contribution in [-0.2, 0) is 4.74 Å². The van der Waals surface area contributed by atoms with Crippen molar-refractivity contribution in [2.75, 3.05) is 12.3 Å². The van der Waals surface area contributed by atoms with E-state index in [1.54, 1.807) is 32.9 Å². The van der Waals surface area contributed by atoms with Crippen molar-refractivity contribution in [2.45, 2.75) is 26.4 Å². The number of nitrogens with one attached hydrogen (secondary N) is 1. The van der Waals surface area contributed by atoms with Gasteiger partial charge in [0.05, 0.1) is 17.8 Å². The number of carboxylic acids is 1. The fourth-order valence-electron chi connectivity index (χ4n) is 1.43. The Labute approximate surface area is 123 Å². The van der Waals surface area contributed by atoms with Crippen LogP contribution >= 0.6 is 0 Å². The van der Waals surface area contributed by atoms with Gasteiger partial charge in [0.15, 0.2) is 0 Å². The van der Waals surface area contributed by atoms with Gasteiger partial charge in [0.25, 0.3) is 0 Å². The number of carbonyl (C=O) groups excluding carboxylic acids is 1. The normalized spacial score (nSPS) is 10.2. The van der Waals surface area contributed by atoms with E-state index >= 15 is 0 Å². The van der Waals surface area contributed by atoms with Crippen molar-refractivity contribution in [3.8, 4) is 11.8 Å². The van der Waals surface area contributed by atoms with Crippen molar-refractivity contribution in [3.63, 3.8) is 0 Å². The standard InChI is InChI=1S/C15H18N2O4/c1-15(2,3)21-14(20)17-9-5-7-10-6-4-8-11(12(10)16)13(18)19/h4,6,8H,9,16H2,1-3H3,(H,17,20)(H,18,19). The molecule has 0 aliphatic heterocycles. The van der Waals surface area contributed by atoms with Crippen molar-refractivity contribution in [3.05, 3.63) is 29.3 Å². The molecule has 0 heterocycles. The van der Waals surface area contributed by atoms with Crippen LogP contribution in [0.25, 0.3) is 0 Å². The van der Waals surface area contributed by atoms with E-state index in [1.807, 2.05) is 0 Å². The van der Waals surface area contributed by atoms with Crippen LogP contribution in [0.3, 0.4) is 0 Å². The lowest BCUT2D eigenvalue weighted by atomic mass is 10.1. The van der Waals surface area contributed by atoms with Crippen LogP contribution in [0.1, 0.15) is 36.7 Å². The summed E-state index contributed by atoms with van der Waals surface area (Å²) in [4.78, 5) is 22.3. The van der Waals surface area contributed by atoms with E-state index in [0.29, 0.717) is 5.56 Å². The van der Waals surface area contributed by atoms with Crippen LogP contribution in [0.5, 0.6) is 0 Å². The lowest BCUT2D eigenvalue weighted by molar-refractivity contribution is 0.0534. The topological polar surface area (TPSA) is 102 Å². The van der Waals surface area contributed by atoms with Crippen LogP contribution in [-0.4, -0.2) is 29.3 Å². The summed E-state index contributed by atoms with van der Waals surface area (Å²) in [5, 5.41) is 11.4. The molecule has 0 spiro atoms. The summed E-state index contributed by atoms with van der Waals surface area (Å²) in [6.07, 6.45) is -0.566. The van der Waals surface area contributed by atoms with E-state index in [-0.39, 0.29) is 17.8 Å². The van der Waals surface area contributed by atoms with E-state index in [1.165, 1.54) is 6.07 Å². The zero-order valence-corrected chi connectivity index (χ0v) is 12.2. The number of nitrogen functional groups attached to an aromatic ring is 1. The second-order valence-corrected chi connectivity index (χ2v) is 5.23. The predicted octanol–water partition coefficient (Wildman–Crippen LogP) is 1.84. The highest BCUT2D eigenvalue weighted by Crippen LogP contribution is 2.16. The van der Waals surface area contributed by atoms with E-state index < -0.39 is 17.7 Å². The number of hydrogen-bond acceptors (Lipinski definition) is 4. The van der Waals surface area contributed by atoms with Crippen molar-refractivity contribution in [2.24, 2.45) is 0 Å². The van der Waals surface area contributed by atoms with Gasteiger partial charge < -0.3 is 20.9 Å². The Hall–Kier alpha value is -2.68. The lowest BCUT2D eigenvalue weighted by Gasteiger charge is -2.19. The summed E-state index contributed by atoms with van der Waals surface area (Å²) >= 11 is 0. The number of anilines is 1. The average Bonchev–Trinajstić information content (AvgIpc) is 2.33. The number of aromatic carboxylic acids is 1. The fraction of sp³-hybridized carbons (Fsp3) is 0.333. The molecular formula is C15H18N2O4. The highest BCUT2D eigenvalue weighted by atomic mass is 16.6. The van der Waals surface area contributed by atoms with E-state index in [2.05, 4.69) is 17.2 Å². The third-order valence-electron chi connectivity index (χ3n) is 2.28. The number of amides is 1. The number of benzene rings is 1. The number of carbonyl (C=O) groups is 2. The molecule has 0 fully saturated rings. The molecule has 0 atom stereocenters. The molecule has 0 aliphatic rings. The SMILES string of the molecule is CC(C)(C)OC(=O)NCC#Cc1cccc(C(=O)O)c1N. The minimum Gasteiger partial charge on any atom is -0.478 e. The second-order valence-electron chi connectivity index (χ2n) is 5.23. The van der Waals surface area contributed by atoms with E-state index in [9.17, 15) is 9.59 Å². The molecule has 0 saturated carbocycles. The fourth-order valence-corrected chi connectivity index (χ4v) is 1.43. The Morgan fingerprint density at radius 1 is 1.38 bits per heavy atom. The van der Waals surface area contributed by atoms with Gasteiger partial charge in [-0.25, -0.2) is 9.59 Å². The summed E-state index contributed by atoms with van der Waals surface area (Å²) < 4.78 is 5.04. The van der Waals surface area contributed by atoms with Crippen molar-refractivity contribution in [1.29, 1.82) is 0 Å². The molecule has 1 aromatic carbocycles. The van der Waals surface area contributed by atoms with Gasteiger partial charge in [-0.2, -0.15) is 0 Å². The van der Waals surface area contributed by atoms with Crippen LogP contribution in [0.2, 0.25) is 0 Å². The van der Waals surface area contributed by atoms with Gasteiger partial charge in [-0.15, -0.1) is 0 Å². The maximum absolute atomic E-state index is 11.4. The number of nitrogens with two attached hydrogens (primary N) is 1. The quantitative estimate of drug-likeness (QED) is 0.570. The molecule has 0 aromatic heterocycles. The first-order valence-corrected chi connectivity index (χ1v) is 6.28. The van der Waals surface area contributed by atoms with Crippen molar-refractivity contribution in [1.82, 2.24) is 5.32 Å². The van der Waals surface area contributed by atoms with Crippen LogP contribution in [0, 0.1) is 11.8 Å². The first-order valence-electron chi connectivity index (χ1n) is 6.28. The Kier molecular flexibility index (Phi) is 5.19. The molecule has 0 aliphatic carbocycles. The highest BCUT2D eigenvalue weighted by molar-refractivity contribution is 5.95. The van der Waals surface area contributed by atoms with Gasteiger partial charge in [-0.1, -0.05) is 17.9 Å². The summed E-state index contributed by atoms with van der Waals surface area (Å²) in [6, 6.07) is 4.58. The summed E-state index contributed by atoms with van der Waals surface area (Å²) in [5.41, 5.74) is 5.65. The second kappa shape index (κ2) is 6.66. The smallest absolute Gasteiger partial charge is 0.408 e. The van der Waals surface area contributed by atoms with Gasteiger partial charge in [0, 0.05) is 5.56 Å². The Morgan fingerprint density at radius 2 is 2.05 bits per heavy atom. The molecule has 0 radical (unpaired) electrons. The van der Waals surface area contributed by atoms with Crippen LogP contribution in [0.15, 0.2) is 18.2 Å². The lowest BCUT2D eigenvalue weighted by Crippen LogP contribution is -2.32. The number of para-hydroxylation sites is 1. The first kappa shape index (κ1) is 16.4. The third kappa shape index (κ3) is 5.45. The Balaban J connectivity index is 2.66. The zero-order valence-electron chi connectivity index (χ0n) is 12.2. The molecule has 1 amide bonds. The van der Waals surface area contributed by atoms with Gasteiger partial charge in [-0.3, -0.25) is 0 Å². The van der Waals surface area contributed by atoms with E-state index in [0.717, 1.165) is 0 Å². The number of ether oxygens (including phenoxy) is 1. The monoisotopic (exact) mass is 290 g/mol. The molecule has 6 heteroatoms. The molecule has 0 unspecified atom stereocenters. The number of carboxylic acid groups (broad SMARTS) is 1. The third-order valence-corrected chi connectivity index (χ3v) is 2.28. The van der Waals surface area contributed by atoms with Crippen LogP contribution in [0.4, 0.5) is 10.5 Å². The van der Waals surface area contributed by atoms with E-state index in [4.69, 9.17) is 15.6 Å². The Morgan fingerprint density at radius 3 is 2.62 bits per heavy atom. The molecule has 4 N–H and O–H groups in total.